The summed E-state index contributed by atoms with van der Waals surface area (Å²) in [7, 11) is 1.75. The van der Waals surface area contributed by atoms with Gasteiger partial charge in [0.1, 0.15) is 0 Å². The van der Waals surface area contributed by atoms with Crippen LogP contribution in [0, 0.1) is 0 Å². The molecule has 1 unspecified atom stereocenters. The molecule has 1 aromatic rings. The lowest BCUT2D eigenvalue weighted by atomic mass is 9.82. The van der Waals surface area contributed by atoms with Crippen LogP contribution in [-0.2, 0) is 11.0 Å². The lowest BCUT2D eigenvalue weighted by Gasteiger charge is -2.34. The van der Waals surface area contributed by atoms with E-state index in [1.54, 1.807) is 24.9 Å². The van der Waals surface area contributed by atoms with Gasteiger partial charge in [-0.15, -0.1) is 0 Å². The first-order valence-corrected chi connectivity index (χ1v) is 7.79. The third kappa shape index (κ3) is 3.18. The van der Waals surface area contributed by atoms with Crippen LogP contribution >= 0.6 is 0 Å². The molecule has 0 bridgehead atoms. The Morgan fingerprint density at radius 3 is 2.33 bits per heavy atom. The minimum atomic E-state index is -4.53. The van der Waals surface area contributed by atoms with Crippen LogP contribution in [0.1, 0.15) is 43.7 Å². The number of carboxylic acids is 1. The highest BCUT2D eigenvalue weighted by Crippen LogP contribution is 2.42. The summed E-state index contributed by atoms with van der Waals surface area (Å²) >= 11 is 0. The number of nitrogens with zero attached hydrogens (tertiary/aromatic N) is 1. The molecular weight excluding hydrogens is 319 g/mol. The third-order valence-corrected chi connectivity index (χ3v) is 4.35. The Morgan fingerprint density at radius 1 is 1.21 bits per heavy atom. The summed E-state index contributed by atoms with van der Waals surface area (Å²) in [6.45, 7) is 3.70. The van der Waals surface area contributed by atoms with Crippen LogP contribution in [0.4, 0.5) is 13.2 Å². The Kier molecular flexibility index (Phi) is 5.06. The van der Waals surface area contributed by atoms with Gasteiger partial charge in [-0.1, -0.05) is 38.1 Å². The second kappa shape index (κ2) is 6.71. The first-order valence-electron chi connectivity index (χ1n) is 7.79. The predicted octanol–water partition coefficient (Wildman–Crippen LogP) is 4.78. The number of hydrogen-bond donors (Lipinski definition) is 1. The number of alkyl halides is 3. The van der Waals surface area contributed by atoms with Crippen molar-refractivity contribution in [2.45, 2.75) is 38.8 Å². The maximum absolute atomic E-state index is 13.4. The summed E-state index contributed by atoms with van der Waals surface area (Å²) in [6.07, 6.45) is -1.86. The Hall–Kier alpha value is -2.24. The van der Waals surface area contributed by atoms with Gasteiger partial charge in [-0.3, -0.25) is 0 Å². The van der Waals surface area contributed by atoms with Crippen molar-refractivity contribution >= 4 is 5.97 Å². The van der Waals surface area contributed by atoms with Gasteiger partial charge in [0.25, 0.3) is 0 Å². The largest absolute Gasteiger partial charge is 0.478 e. The first kappa shape index (κ1) is 18.1. The summed E-state index contributed by atoms with van der Waals surface area (Å²) < 4.78 is 40.1. The highest BCUT2D eigenvalue weighted by atomic mass is 19.4. The number of halogens is 3. The summed E-state index contributed by atoms with van der Waals surface area (Å²) in [5.41, 5.74) is 0.560. The van der Waals surface area contributed by atoms with E-state index in [9.17, 15) is 23.1 Å². The van der Waals surface area contributed by atoms with Crippen LogP contribution in [0.15, 0.2) is 47.3 Å². The molecule has 0 amide bonds. The van der Waals surface area contributed by atoms with E-state index in [2.05, 4.69) is 0 Å². The van der Waals surface area contributed by atoms with Gasteiger partial charge in [-0.25, -0.2) is 4.79 Å². The molecule has 1 aromatic carbocycles. The van der Waals surface area contributed by atoms with Crippen molar-refractivity contribution in [2.24, 2.45) is 0 Å². The maximum atomic E-state index is 13.4. The molecule has 6 heteroatoms. The fraction of sp³-hybridized carbons (Fsp3) is 0.389. The van der Waals surface area contributed by atoms with Gasteiger partial charge < -0.3 is 10.0 Å². The third-order valence-electron chi connectivity index (χ3n) is 4.35. The number of allylic oxidation sites excluding steroid dienone is 3. The molecule has 0 saturated heterocycles. The zero-order valence-electron chi connectivity index (χ0n) is 13.8. The second-order valence-corrected chi connectivity index (χ2v) is 5.65. The van der Waals surface area contributed by atoms with Crippen molar-refractivity contribution < 1.29 is 23.1 Å². The molecule has 2 rings (SSSR count). The SMILES string of the molecule is CCC1=CC(c2ccccc2C(F)(F)F)C(C(=O)O)=C(CC)N1C. The average Bonchev–Trinajstić information content (AvgIpc) is 2.53. The summed E-state index contributed by atoms with van der Waals surface area (Å²) in [5.74, 6) is -2.10. The fourth-order valence-electron chi connectivity index (χ4n) is 3.23. The molecule has 1 atom stereocenters. The lowest BCUT2D eigenvalue weighted by molar-refractivity contribution is -0.139. The minimum absolute atomic E-state index is 0.00824. The van der Waals surface area contributed by atoms with Crippen molar-refractivity contribution in [3.8, 4) is 0 Å². The van der Waals surface area contributed by atoms with Gasteiger partial charge in [0, 0.05) is 24.4 Å². The normalized spacial score (nSPS) is 18.7. The maximum Gasteiger partial charge on any atom is 0.416 e. The second-order valence-electron chi connectivity index (χ2n) is 5.65. The molecule has 0 aliphatic carbocycles. The number of aliphatic carboxylic acids is 1. The van der Waals surface area contributed by atoms with E-state index in [0.717, 1.165) is 11.8 Å². The van der Waals surface area contributed by atoms with Gasteiger partial charge >= 0.3 is 12.1 Å². The van der Waals surface area contributed by atoms with E-state index < -0.39 is 23.6 Å². The van der Waals surface area contributed by atoms with Crippen molar-refractivity contribution in [2.75, 3.05) is 7.05 Å². The summed E-state index contributed by atoms with van der Waals surface area (Å²) in [4.78, 5) is 13.6. The van der Waals surface area contributed by atoms with Crippen molar-refractivity contribution in [3.63, 3.8) is 0 Å². The molecule has 24 heavy (non-hydrogen) atoms. The lowest BCUT2D eigenvalue weighted by Crippen LogP contribution is -2.29. The molecular formula is C18H20F3NO2. The van der Waals surface area contributed by atoms with Gasteiger partial charge in [0.2, 0.25) is 0 Å². The van der Waals surface area contributed by atoms with E-state index in [0.29, 0.717) is 18.5 Å². The molecule has 3 nitrogen and oxygen atoms in total. The molecule has 1 heterocycles. The topological polar surface area (TPSA) is 40.5 Å². The van der Waals surface area contributed by atoms with E-state index >= 15 is 0 Å². The van der Waals surface area contributed by atoms with Crippen LogP contribution in [-0.4, -0.2) is 23.0 Å². The van der Waals surface area contributed by atoms with Gasteiger partial charge in [0.15, 0.2) is 0 Å². The molecule has 1 aliphatic rings. The van der Waals surface area contributed by atoms with Crippen LogP contribution in [0.2, 0.25) is 0 Å². The van der Waals surface area contributed by atoms with Gasteiger partial charge in [-0.05, 0) is 24.5 Å². The van der Waals surface area contributed by atoms with E-state index in [1.807, 2.05) is 6.92 Å². The van der Waals surface area contributed by atoms with Crippen LogP contribution < -0.4 is 0 Å². The fourth-order valence-corrected chi connectivity index (χ4v) is 3.23. The monoisotopic (exact) mass is 339 g/mol. The zero-order chi connectivity index (χ0) is 18.1. The van der Waals surface area contributed by atoms with E-state index in [1.165, 1.54) is 18.2 Å². The number of hydrogen-bond acceptors (Lipinski definition) is 2. The Labute approximate surface area is 139 Å². The van der Waals surface area contributed by atoms with Crippen LogP contribution in [0.5, 0.6) is 0 Å². The number of carbonyl (C=O) groups is 1. The first-order chi connectivity index (χ1) is 11.2. The molecule has 0 saturated carbocycles. The Morgan fingerprint density at radius 2 is 1.83 bits per heavy atom. The zero-order valence-corrected chi connectivity index (χ0v) is 13.8. The standard InChI is InChI=1S/C18H20F3NO2/c1-4-11-10-13(16(17(23)24)15(5-2)22(11)3)12-8-6-7-9-14(12)18(19,20)21/h6-10,13H,4-5H2,1-3H3,(H,23,24). The van der Waals surface area contributed by atoms with E-state index in [4.69, 9.17) is 0 Å². The molecule has 130 valence electrons. The van der Waals surface area contributed by atoms with Crippen LogP contribution in [0.3, 0.4) is 0 Å². The van der Waals surface area contributed by atoms with Crippen molar-refractivity contribution in [1.29, 1.82) is 0 Å². The number of rotatable bonds is 4. The minimum Gasteiger partial charge on any atom is -0.478 e. The molecule has 1 aliphatic heterocycles. The molecule has 0 fully saturated rings. The molecule has 0 spiro atoms. The van der Waals surface area contributed by atoms with Crippen molar-refractivity contribution in [1.82, 2.24) is 4.90 Å². The predicted molar refractivity (Wildman–Crippen MR) is 85.3 cm³/mol. The summed E-state index contributed by atoms with van der Waals surface area (Å²) in [5, 5.41) is 9.65. The smallest absolute Gasteiger partial charge is 0.416 e. The summed E-state index contributed by atoms with van der Waals surface area (Å²) in [6, 6.07) is 5.18. The van der Waals surface area contributed by atoms with Crippen molar-refractivity contribution in [3.05, 3.63) is 58.4 Å². The van der Waals surface area contributed by atoms with E-state index in [-0.39, 0.29) is 11.1 Å². The van der Waals surface area contributed by atoms with Gasteiger partial charge in [0.05, 0.1) is 11.1 Å². The highest BCUT2D eigenvalue weighted by molar-refractivity contribution is 5.90. The Balaban J connectivity index is 2.73. The molecule has 0 aromatic heterocycles. The Bertz CT molecular complexity index is 704. The highest BCUT2D eigenvalue weighted by Gasteiger charge is 2.38. The van der Waals surface area contributed by atoms with Gasteiger partial charge in [-0.2, -0.15) is 13.2 Å². The quantitative estimate of drug-likeness (QED) is 0.858. The average molecular weight is 339 g/mol. The number of carboxylic acid groups (broad SMARTS) is 1. The molecule has 0 radical (unpaired) electrons. The molecule has 1 N–H and O–H groups in total. The van der Waals surface area contributed by atoms with Crippen LogP contribution in [0.25, 0.3) is 0 Å². The number of benzene rings is 1.